The predicted molar refractivity (Wildman–Crippen MR) is 107 cm³/mol. The highest BCUT2D eigenvalue weighted by Crippen LogP contribution is 2.38. The number of sulfonamides is 1. The number of esters is 1. The number of hydrogen-bond acceptors (Lipinski definition) is 5. The fourth-order valence-electron chi connectivity index (χ4n) is 3.33. The fourth-order valence-corrected chi connectivity index (χ4v) is 3.85. The summed E-state index contributed by atoms with van der Waals surface area (Å²) in [6.07, 6.45) is 2.75. The molecule has 1 aliphatic rings. The number of aromatic nitrogens is 1. The van der Waals surface area contributed by atoms with Gasteiger partial charge in [-0.25, -0.2) is 18.4 Å². The number of amides is 1. The van der Waals surface area contributed by atoms with Crippen LogP contribution in [0.5, 0.6) is 0 Å². The van der Waals surface area contributed by atoms with Crippen LogP contribution in [0.1, 0.15) is 46.2 Å². The average Bonchev–Trinajstić information content (AvgIpc) is 3.44. The van der Waals surface area contributed by atoms with Gasteiger partial charge in [0.05, 0.1) is 10.5 Å². The van der Waals surface area contributed by atoms with Gasteiger partial charge in [-0.1, -0.05) is 12.1 Å². The van der Waals surface area contributed by atoms with Crippen molar-refractivity contribution in [3.05, 3.63) is 52.8 Å². The molecule has 1 fully saturated rings. The summed E-state index contributed by atoms with van der Waals surface area (Å²) in [5.41, 5.74) is 3.24. The van der Waals surface area contributed by atoms with Crippen molar-refractivity contribution in [3.8, 4) is 0 Å². The van der Waals surface area contributed by atoms with E-state index in [2.05, 4.69) is 9.88 Å². The topological polar surface area (TPSA) is 120 Å². The lowest BCUT2D eigenvalue weighted by atomic mass is 10.1. The molecule has 1 heterocycles. The Kier molecular flexibility index (Phi) is 6.09. The molecule has 0 radical (unpaired) electrons. The first-order valence-electron chi connectivity index (χ1n) is 9.41. The molecule has 1 aliphatic carbocycles. The maximum absolute atomic E-state index is 12.3. The van der Waals surface area contributed by atoms with Crippen LogP contribution in [0.3, 0.4) is 0 Å². The molecule has 1 saturated carbocycles. The largest absolute Gasteiger partial charge is 0.452 e. The SMILES string of the molecule is Cc1cc(C(=O)OCC(=O)NCCc2ccc(S(N)(=O)=O)cc2)c(C)n1C1CC1. The van der Waals surface area contributed by atoms with Gasteiger partial charge in [-0.2, -0.15) is 0 Å². The third-order valence-corrected chi connectivity index (χ3v) is 5.87. The molecule has 0 aliphatic heterocycles. The zero-order chi connectivity index (χ0) is 21.2. The number of primary sulfonamides is 1. The molecule has 8 nitrogen and oxygen atoms in total. The van der Waals surface area contributed by atoms with E-state index in [9.17, 15) is 18.0 Å². The minimum absolute atomic E-state index is 0.0400. The number of hydrogen-bond donors (Lipinski definition) is 2. The normalized spacial score (nSPS) is 13.9. The molecule has 9 heteroatoms. The van der Waals surface area contributed by atoms with Gasteiger partial charge in [-0.05, 0) is 56.9 Å². The van der Waals surface area contributed by atoms with E-state index in [0.717, 1.165) is 29.8 Å². The maximum Gasteiger partial charge on any atom is 0.340 e. The van der Waals surface area contributed by atoms with E-state index in [1.54, 1.807) is 18.2 Å². The zero-order valence-corrected chi connectivity index (χ0v) is 17.3. The number of nitrogens with two attached hydrogens (primary N) is 1. The number of benzene rings is 1. The molecule has 2 aromatic rings. The zero-order valence-electron chi connectivity index (χ0n) is 16.5. The van der Waals surface area contributed by atoms with Crippen molar-refractivity contribution in [2.75, 3.05) is 13.2 Å². The minimum atomic E-state index is -3.72. The van der Waals surface area contributed by atoms with Gasteiger partial charge >= 0.3 is 5.97 Å². The lowest BCUT2D eigenvalue weighted by molar-refractivity contribution is -0.124. The molecular formula is C20H25N3O5S. The lowest BCUT2D eigenvalue weighted by Crippen LogP contribution is -2.30. The van der Waals surface area contributed by atoms with Crippen LogP contribution in [0.2, 0.25) is 0 Å². The highest BCUT2D eigenvalue weighted by Gasteiger charge is 2.28. The molecule has 29 heavy (non-hydrogen) atoms. The molecule has 1 aromatic heterocycles. The average molecular weight is 420 g/mol. The van der Waals surface area contributed by atoms with Crippen molar-refractivity contribution in [2.45, 2.75) is 44.0 Å². The highest BCUT2D eigenvalue weighted by atomic mass is 32.2. The van der Waals surface area contributed by atoms with Gasteiger partial charge in [0.15, 0.2) is 6.61 Å². The molecule has 0 saturated heterocycles. The van der Waals surface area contributed by atoms with Crippen molar-refractivity contribution in [3.63, 3.8) is 0 Å². The monoisotopic (exact) mass is 419 g/mol. The lowest BCUT2D eigenvalue weighted by Gasteiger charge is -2.09. The summed E-state index contributed by atoms with van der Waals surface area (Å²) in [6.45, 7) is 3.84. The number of carbonyl (C=O) groups excluding carboxylic acids is 2. The van der Waals surface area contributed by atoms with Gasteiger partial charge < -0.3 is 14.6 Å². The first kappa shape index (κ1) is 21.1. The number of ether oxygens (including phenoxy) is 1. The summed E-state index contributed by atoms with van der Waals surface area (Å²) in [5, 5.41) is 7.73. The Hall–Kier alpha value is -2.65. The molecule has 0 spiro atoms. The van der Waals surface area contributed by atoms with Crippen LogP contribution >= 0.6 is 0 Å². The Labute approximate surface area is 170 Å². The molecule has 3 rings (SSSR count). The quantitative estimate of drug-likeness (QED) is 0.630. The van der Waals surface area contributed by atoms with Crippen LogP contribution in [0.4, 0.5) is 0 Å². The second-order valence-corrected chi connectivity index (χ2v) is 8.81. The minimum Gasteiger partial charge on any atom is -0.452 e. The van der Waals surface area contributed by atoms with Crippen molar-refractivity contribution >= 4 is 21.9 Å². The summed E-state index contributed by atoms with van der Waals surface area (Å²) in [5.74, 6) is -0.894. The van der Waals surface area contributed by atoms with Gasteiger partial charge in [0.1, 0.15) is 0 Å². The van der Waals surface area contributed by atoms with Crippen molar-refractivity contribution < 1.29 is 22.7 Å². The van der Waals surface area contributed by atoms with E-state index in [-0.39, 0.29) is 11.5 Å². The van der Waals surface area contributed by atoms with E-state index in [1.807, 2.05) is 13.8 Å². The molecule has 156 valence electrons. The highest BCUT2D eigenvalue weighted by molar-refractivity contribution is 7.89. The third kappa shape index (κ3) is 5.24. The Morgan fingerprint density at radius 3 is 2.45 bits per heavy atom. The van der Waals surface area contributed by atoms with Crippen molar-refractivity contribution in [1.82, 2.24) is 9.88 Å². The summed E-state index contributed by atoms with van der Waals surface area (Å²) < 4.78 is 29.8. The van der Waals surface area contributed by atoms with Crippen LogP contribution < -0.4 is 10.5 Å². The molecular weight excluding hydrogens is 394 g/mol. The second kappa shape index (κ2) is 8.38. The van der Waals surface area contributed by atoms with Crippen LogP contribution in [0.25, 0.3) is 0 Å². The Morgan fingerprint density at radius 1 is 1.21 bits per heavy atom. The maximum atomic E-state index is 12.3. The fraction of sp³-hybridized carbons (Fsp3) is 0.400. The summed E-state index contributed by atoms with van der Waals surface area (Å²) in [7, 11) is -3.72. The van der Waals surface area contributed by atoms with Crippen LogP contribution in [0, 0.1) is 13.8 Å². The molecule has 0 atom stereocenters. The predicted octanol–water partition coefficient (Wildman–Crippen LogP) is 1.60. The molecule has 1 aromatic carbocycles. The summed E-state index contributed by atoms with van der Waals surface area (Å²) >= 11 is 0. The molecule has 0 unspecified atom stereocenters. The van der Waals surface area contributed by atoms with Crippen molar-refractivity contribution in [2.24, 2.45) is 5.14 Å². The van der Waals surface area contributed by atoms with Gasteiger partial charge in [0.25, 0.3) is 5.91 Å². The Balaban J connectivity index is 1.44. The number of carbonyl (C=O) groups is 2. The van der Waals surface area contributed by atoms with E-state index >= 15 is 0 Å². The number of aryl methyl sites for hydroxylation is 1. The molecule has 3 N–H and O–H groups in total. The summed E-state index contributed by atoms with van der Waals surface area (Å²) in [6, 6.07) is 8.40. The van der Waals surface area contributed by atoms with Crippen LogP contribution in [-0.2, 0) is 26.0 Å². The Morgan fingerprint density at radius 2 is 1.86 bits per heavy atom. The standard InChI is InChI=1S/C20H25N3O5S/c1-13-11-18(14(2)23(13)16-5-6-16)20(25)28-12-19(24)22-10-9-15-3-7-17(8-4-15)29(21,26)27/h3-4,7-8,11,16H,5-6,9-10,12H2,1-2H3,(H,22,24)(H2,21,26,27). The van der Waals surface area contributed by atoms with Gasteiger partial charge in [0.2, 0.25) is 10.0 Å². The number of nitrogens with one attached hydrogen (secondary N) is 1. The van der Waals surface area contributed by atoms with Crippen molar-refractivity contribution in [1.29, 1.82) is 0 Å². The van der Waals surface area contributed by atoms with Gasteiger partial charge in [-0.15, -0.1) is 0 Å². The molecule has 0 bridgehead atoms. The van der Waals surface area contributed by atoms with E-state index in [4.69, 9.17) is 9.88 Å². The van der Waals surface area contributed by atoms with Gasteiger partial charge in [-0.3, -0.25) is 4.79 Å². The third-order valence-electron chi connectivity index (χ3n) is 4.94. The first-order valence-corrected chi connectivity index (χ1v) is 11.0. The van der Waals surface area contributed by atoms with Gasteiger partial charge in [0, 0.05) is 24.0 Å². The second-order valence-electron chi connectivity index (χ2n) is 7.25. The van der Waals surface area contributed by atoms with E-state index < -0.39 is 21.9 Å². The number of rotatable bonds is 8. The summed E-state index contributed by atoms with van der Waals surface area (Å²) in [4.78, 5) is 24.3. The van der Waals surface area contributed by atoms with E-state index in [0.29, 0.717) is 24.6 Å². The molecule has 1 amide bonds. The smallest absolute Gasteiger partial charge is 0.340 e. The van der Waals surface area contributed by atoms with E-state index in [1.165, 1.54) is 12.1 Å². The number of nitrogens with zero attached hydrogens (tertiary/aromatic N) is 1. The van der Waals surface area contributed by atoms with Crippen LogP contribution in [-0.4, -0.2) is 38.0 Å². The Bertz CT molecular complexity index is 1020. The van der Waals surface area contributed by atoms with Crippen LogP contribution in [0.15, 0.2) is 35.2 Å². The first-order chi connectivity index (χ1) is 13.7.